The van der Waals surface area contributed by atoms with Crippen molar-refractivity contribution >= 4 is 11.6 Å². The molecule has 0 saturated carbocycles. The molecule has 0 bridgehead atoms. The molecule has 0 heterocycles. The number of hydrogen-bond acceptors (Lipinski definition) is 1. The Balaban J connectivity index is 1.76. The third kappa shape index (κ3) is 3.46. The van der Waals surface area contributed by atoms with E-state index < -0.39 is 0 Å². The number of aryl methyl sites for hydroxylation is 1. The van der Waals surface area contributed by atoms with Gasteiger partial charge in [0, 0.05) is 11.3 Å². The first-order chi connectivity index (χ1) is 11.1. The first-order valence-corrected chi connectivity index (χ1v) is 7.36. The predicted molar refractivity (Wildman–Crippen MR) is 91.0 cm³/mol. The lowest BCUT2D eigenvalue weighted by Gasteiger charge is -2.07. The number of carbonyl (C=O) groups excluding carboxylic acids is 1. The molecular formula is C20H16FNO. The Bertz CT molecular complexity index is 826. The zero-order valence-corrected chi connectivity index (χ0v) is 12.7. The highest BCUT2D eigenvalue weighted by molar-refractivity contribution is 6.04. The van der Waals surface area contributed by atoms with Crippen molar-refractivity contribution < 1.29 is 9.18 Å². The minimum absolute atomic E-state index is 0.257. The van der Waals surface area contributed by atoms with E-state index in [2.05, 4.69) is 5.32 Å². The van der Waals surface area contributed by atoms with Gasteiger partial charge in [0.2, 0.25) is 0 Å². The summed E-state index contributed by atoms with van der Waals surface area (Å²) in [6, 6.07) is 21.9. The first kappa shape index (κ1) is 15.0. The van der Waals surface area contributed by atoms with Gasteiger partial charge in [0.15, 0.2) is 0 Å². The Morgan fingerprint density at radius 3 is 2.17 bits per heavy atom. The average Bonchev–Trinajstić information content (AvgIpc) is 2.59. The van der Waals surface area contributed by atoms with Crippen molar-refractivity contribution in [2.24, 2.45) is 0 Å². The van der Waals surface area contributed by atoms with Crippen LogP contribution in [-0.2, 0) is 0 Å². The van der Waals surface area contributed by atoms with Crippen LogP contribution in [0.25, 0.3) is 11.1 Å². The number of halogens is 1. The number of anilines is 1. The number of hydrogen-bond donors (Lipinski definition) is 1. The molecule has 0 atom stereocenters. The second kappa shape index (κ2) is 6.44. The Labute approximate surface area is 134 Å². The van der Waals surface area contributed by atoms with Crippen LogP contribution in [0, 0.1) is 12.7 Å². The van der Waals surface area contributed by atoms with Crippen molar-refractivity contribution in [3.63, 3.8) is 0 Å². The van der Waals surface area contributed by atoms with Crippen molar-refractivity contribution in [2.75, 3.05) is 5.32 Å². The topological polar surface area (TPSA) is 29.1 Å². The molecular weight excluding hydrogens is 289 g/mol. The standard InChI is InChI=1S/C20H16FNO/c1-14-7-12-18(13-19(14)21)22-20(23)17-10-8-16(9-11-17)15-5-3-2-4-6-15/h2-13H,1H3,(H,22,23). The van der Waals surface area contributed by atoms with Gasteiger partial charge in [-0.3, -0.25) is 4.79 Å². The zero-order valence-electron chi connectivity index (χ0n) is 12.7. The van der Waals surface area contributed by atoms with E-state index in [0.717, 1.165) is 11.1 Å². The minimum Gasteiger partial charge on any atom is -0.322 e. The van der Waals surface area contributed by atoms with Crippen molar-refractivity contribution in [3.8, 4) is 11.1 Å². The van der Waals surface area contributed by atoms with E-state index in [1.807, 2.05) is 42.5 Å². The molecule has 0 aromatic heterocycles. The van der Waals surface area contributed by atoms with Crippen LogP contribution in [0.2, 0.25) is 0 Å². The number of benzene rings is 3. The largest absolute Gasteiger partial charge is 0.322 e. The van der Waals surface area contributed by atoms with E-state index in [9.17, 15) is 9.18 Å². The summed E-state index contributed by atoms with van der Waals surface area (Å²) in [5.74, 6) is -0.588. The van der Waals surface area contributed by atoms with E-state index in [1.165, 1.54) is 6.07 Å². The molecule has 1 amide bonds. The molecule has 114 valence electrons. The molecule has 0 saturated heterocycles. The molecule has 0 aliphatic rings. The normalized spacial score (nSPS) is 10.3. The van der Waals surface area contributed by atoms with Crippen LogP contribution in [0.5, 0.6) is 0 Å². The molecule has 2 nitrogen and oxygen atoms in total. The molecule has 3 rings (SSSR count). The first-order valence-electron chi connectivity index (χ1n) is 7.36. The number of amides is 1. The average molecular weight is 305 g/mol. The molecule has 0 aliphatic carbocycles. The van der Waals surface area contributed by atoms with Crippen LogP contribution in [0.15, 0.2) is 72.8 Å². The van der Waals surface area contributed by atoms with E-state index >= 15 is 0 Å². The Morgan fingerprint density at radius 1 is 0.870 bits per heavy atom. The molecule has 0 fully saturated rings. The summed E-state index contributed by atoms with van der Waals surface area (Å²) in [5, 5.41) is 2.71. The van der Waals surface area contributed by atoms with E-state index in [0.29, 0.717) is 16.8 Å². The van der Waals surface area contributed by atoms with Crippen LogP contribution in [0.4, 0.5) is 10.1 Å². The lowest BCUT2D eigenvalue weighted by Crippen LogP contribution is -2.11. The fraction of sp³-hybridized carbons (Fsp3) is 0.0500. The predicted octanol–water partition coefficient (Wildman–Crippen LogP) is 5.05. The summed E-state index contributed by atoms with van der Waals surface area (Å²) >= 11 is 0. The van der Waals surface area contributed by atoms with Gasteiger partial charge in [0.25, 0.3) is 5.91 Å². The summed E-state index contributed by atoms with van der Waals surface area (Å²) in [5.41, 5.74) is 3.68. The monoisotopic (exact) mass is 305 g/mol. The highest BCUT2D eigenvalue weighted by atomic mass is 19.1. The van der Waals surface area contributed by atoms with Gasteiger partial charge in [0.05, 0.1) is 0 Å². The summed E-state index contributed by atoms with van der Waals surface area (Å²) < 4.78 is 13.5. The Morgan fingerprint density at radius 2 is 1.52 bits per heavy atom. The van der Waals surface area contributed by atoms with Crippen LogP contribution < -0.4 is 5.32 Å². The quantitative estimate of drug-likeness (QED) is 0.720. The Hall–Kier alpha value is -2.94. The molecule has 0 spiro atoms. The molecule has 3 aromatic carbocycles. The summed E-state index contributed by atoms with van der Waals surface area (Å²) in [4.78, 5) is 12.2. The highest BCUT2D eigenvalue weighted by Crippen LogP contribution is 2.20. The number of carbonyl (C=O) groups is 1. The van der Waals surface area contributed by atoms with Gasteiger partial charge in [-0.25, -0.2) is 4.39 Å². The smallest absolute Gasteiger partial charge is 0.255 e. The van der Waals surface area contributed by atoms with E-state index in [1.54, 1.807) is 31.2 Å². The van der Waals surface area contributed by atoms with Gasteiger partial charge >= 0.3 is 0 Å². The molecule has 0 unspecified atom stereocenters. The molecule has 0 aliphatic heterocycles. The van der Waals surface area contributed by atoms with Crippen molar-refractivity contribution in [1.82, 2.24) is 0 Å². The molecule has 3 aromatic rings. The number of nitrogens with one attached hydrogen (secondary N) is 1. The van der Waals surface area contributed by atoms with Gasteiger partial charge < -0.3 is 5.32 Å². The van der Waals surface area contributed by atoms with E-state index in [-0.39, 0.29) is 11.7 Å². The van der Waals surface area contributed by atoms with Crippen LogP contribution in [0.1, 0.15) is 15.9 Å². The molecule has 3 heteroatoms. The Kier molecular flexibility index (Phi) is 4.20. The number of rotatable bonds is 3. The summed E-state index contributed by atoms with van der Waals surface area (Å²) in [7, 11) is 0. The minimum atomic E-state index is -0.331. The van der Waals surface area contributed by atoms with Crippen molar-refractivity contribution in [3.05, 3.63) is 89.7 Å². The molecule has 23 heavy (non-hydrogen) atoms. The molecule has 0 radical (unpaired) electrons. The maximum atomic E-state index is 13.5. The van der Waals surface area contributed by atoms with Crippen LogP contribution in [0.3, 0.4) is 0 Å². The summed E-state index contributed by atoms with van der Waals surface area (Å²) in [6.45, 7) is 1.68. The lowest BCUT2D eigenvalue weighted by molar-refractivity contribution is 0.102. The van der Waals surface area contributed by atoms with Crippen molar-refractivity contribution in [2.45, 2.75) is 6.92 Å². The third-order valence-electron chi connectivity index (χ3n) is 3.68. The zero-order chi connectivity index (χ0) is 16.2. The van der Waals surface area contributed by atoms with Gasteiger partial charge in [-0.15, -0.1) is 0 Å². The fourth-order valence-electron chi connectivity index (χ4n) is 2.32. The second-order valence-electron chi connectivity index (χ2n) is 5.36. The van der Waals surface area contributed by atoms with E-state index in [4.69, 9.17) is 0 Å². The molecule has 1 N–H and O–H groups in total. The van der Waals surface area contributed by atoms with Gasteiger partial charge in [-0.05, 0) is 47.9 Å². The highest BCUT2D eigenvalue weighted by Gasteiger charge is 2.08. The maximum Gasteiger partial charge on any atom is 0.255 e. The fourth-order valence-corrected chi connectivity index (χ4v) is 2.32. The SMILES string of the molecule is Cc1ccc(NC(=O)c2ccc(-c3ccccc3)cc2)cc1F. The third-order valence-corrected chi connectivity index (χ3v) is 3.68. The second-order valence-corrected chi connectivity index (χ2v) is 5.36. The van der Waals surface area contributed by atoms with Crippen molar-refractivity contribution in [1.29, 1.82) is 0 Å². The van der Waals surface area contributed by atoms with Crippen LogP contribution >= 0.6 is 0 Å². The van der Waals surface area contributed by atoms with Gasteiger partial charge in [0.1, 0.15) is 5.82 Å². The maximum absolute atomic E-state index is 13.5. The summed E-state index contributed by atoms with van der Waals surface area (Å²) in [6.07, 6.45) is 0. The van der Waals surface area contributed by atoms with Crippen LogP contribution in [-0.4, -0.2) is 5.91 Å². The van der Waals surface area contributed by atoms with Gasteiger partial charge in [-0.2, -0.15) is 0 Å². The lowest BCUT2D eigenvalue weighted by atomic mass is 10.0. The van der Waals surface area contributed by atoms with Gasteiger partial charge in [-0.1, -0.05) is 48.5 Å².